The summed E-state index contributed by atoms with van der Waals surface area (Å²) in [6, 6.07) is 9.12. The van der Waals surface area contributed by atoms with Gasteiger partial charge >= 0.3 is 0 Å². The topological polar surface area (TPSA) is 48.1 Å². The number of aromatic nitrogens is 1. The third-order valence-corrected chi connectivity index (χ3v) is 9.99. The lowest BCUT2D eigenvalue weighted by atomic mass is 9.58. The van der Waals surface area contributed by atoms with Gasteiger partial charge in [0.2, 0.25) is 0 Å². The number of H-pyrrole nitrogens is 1. The van der Waals surface area contributed by atoms with E-state index in [4.69, 9.17) is 4.74 Å². The second kappa shape index (κ2) is 6.29. The molecule has 2 fully saturated rings. The molecule has 1 aromatic carbocycles. The Hall–Kier alpha value is -2.14. The number of hydrogen-bond acceptors (Lipinski definition) is 2. The van der Waals surface area contributed by atoms with E-state index >= 15 is 0 Å². The number of nitrogens with one attached hydrogen (secondary N) is 1. The highest BCUT2D eigenvalue weighted by atomic mass is 16.5. The predicted molar refractivity (Wildman–Crippen MR) is 132 cm³/mol. The van der Waals surface area contributed by atoms with E-state index in [-0.39, 0.29) is 27.3 Å². The maximum absolute atomic E-state index is 12.8. The summed E-state index contributed by atoms with van der Waals surface area (Å²) < 4.78 is 7.10. The van der Waals surface area contributed by atoms with E-state index in [2.05, 4.69) is 54.4 Å². The molecule has 5 aliphatic rings. The van der Waals surface area contributed by atoms with Crippen molar-refractivity contribution in [3.63, 3.8) is 0 Å². The van der Waals surface area contributed by atoms with Gasteiger partial charge in [0.1, 0.15) is 0 Å². The van der Waals surface area contributed by atoms with Gasteiger partial charge in [-0.25, -0.2) is 0 Å². The molecule has 1 N–H and O–H groups in total. The predicted octanol–water partition coefficient (Wildman–Crippen LogP) is 6.26. The van der Waals surface area contributed by atoms with Crippen LogP contribution in [0.15, 0.2) is 59.8 Å². The molecular formula is C29H34N2O2. The lowest BCUT2D eigenvalue weighted by molar-refractivity contribution is -0.869. The average Bonchev–Trinajstić information content (AvgIpc) is 3.46. The molecule has 5 atom stereocenters. The van der Waals surface area contributed by atoms with Gasteiger partial charge in [0.25, 0.3) is 0 Å². The zero-order valence-corrected chi connectivity index (χ0v) is 20.0. The fraction of sp³-hybridized carbons (Fsp3) is 0.517. The van der Waals surface area contributed by atoms with Crippen molar-refractivity contribution in [2.75, 3.05) is 14.1 Å². The molecule has 1 aromatic heterocycles. The number of aromatic amines is 1. The molecule has 172 valence electrons. The molecule has 1 saturated carbocycles. The van der Waals surface area contributed by atoms with Crippen LogP contribution in [0.1, 0.15) is 57.4 Å². The highest BCUT2D eigenvalue weighted by Gasteiger charge is 2.65. The van der Waals surface area contributed by atoms with Crippen molar-refractivity contribution in [3.8, 4) is 0 Å². The van der Waals surface area contributed by atoms with Gasteiger partial charge in [0.05, 0.1) is 31.3 Å². The molecule has 0 amide bonds. The molecule has 33 heavy (non-hydrogen) atoms. The molecule has 4 heteroatoms. The van der Waals surface area contributed by atoms with Crippen molar-refractivity contribution in [1.82, 2.24) is 4.98 Å². The first-order valence-corrected chi connectivity index (χ1v) is 12.7. The van der Waals surface area contributed by atoms with Crippen molar-refractivity contribution in [2.24, 2.45) is 11.3 Å². The molecule has 3 aliphatic carbocycles. The van der Waals surface area contributed by atoms with Gasteiger partial charge in [0, 0.05) is 35.9 Å². The maximum atomic E-state index is 12.8. The Morgan fingerprint density at radius 2 is 2.03 bits per heavy atom. The molecule has 7 rings (SSSR count). The average molecular weight is 443 g/mol. The first kappa shape index (κ1) is 20.3. The summed E-state index contributed by atoms with van der Waals surface area (Å²) in [7, 11) is 3.61. The zero-order chi connectivity index (χ0) is 22.6. The summed E-state index contributed by atoms with van der Waals surface area (Å²) in [6.07, 6.45) is 16.6. The maximum Gasteiger partial charge on any atom is 0.0980 e. The Bertz CT molecular complexity index is 1260. The van der Waals surface area contributed by atoms with E-state index in [1.165, 1.54) is 33.2 Å². The van der Waals surface area contributed by atoms with Crippen LogP contribution in [0.3, 0.4) is 0 Å². The first-order valence-electron chi connectivity index (χ1n) is 12.7. The van der Waals surface area contributed by atoms with Crippen LogP contribution in [-0.2, 0) is 4.74 Å². The van der Waals surface area contributed by atoms with Crippen molar-refractivity contribution in [1.29, 1.82) is 0 Å². The van der Waals surface area contributed by atoms with Gasteiger partial charge in [-0.05, 0) is 71.9 Å². The van der Waals surface area contributed by atoms with E-state index in [1.54, 1.807) is 14.1 Å². The molecule has 2 aromatic rings. The quantitative estimate of drug-likeness (QED) is 0.441. The van der Waals surface area contributed by atoms with Gasteiger partial charge in [0.15, 0.2) is 0 Å². The number of benzene rings is 1. The normalized spacial score (nSPS) is 39.5. The molecule has 2 bridgehead atoms. The third-order valence-electron chi connectivity index (χ3n) is 9.99. The number of rotatable bonds is 2. The fourth-order valence-electron chi connectivity index (χ4n) is 8.16. The van der Waals surface area contributed by atoms with Crippen LogP contribution in [-0.4, -0.2) is 41.0 Å². The molecule has 1 saturated heterocycles. The fourth-order valence-corrected chi connectivity index (χ4v) is 8.16. The first-order chi connectivity index (χ1) is 15.7. The summed E-state index contributed by atoms with van der Waals surface area (Å²) in [5, 5.41) is 14.1. The Morgan fingerprint density at radius 1 is 1.15 bits per heavy atom. The Kier molecular flexibility index (Phi) is 3.86. The molecule has 0 radical (unpaired) electrons. The number of fused-ring (bicyclic) bond motifs is 2. The highest BCUT2D eigenvalue weighted by molar-refractivity contribution is 5.85. The minimum Gasteiger partial charge on any atom is -0.633 e. The standard InChI is InChI=1S/C29H34N2O2/c1-27-12-10-22-17-21-6-7-23(31(2,3)32)18-28(21)13-14-29(22,33-28)26(27)9-8-24(27)20-5-4-19-11-15-30-25(19)16-20/h4-5,8,10-11,15-17,23,26,30H,6-7,9,12-14,18H2,1-3H3/t23-,26+,27+,28+,29+/m0/s1. The minimum atomic E-state index is -0.218. The minimum absolute atomic E-state index is 0.0720. The smallest absolute Gasteiger partial charge is 0.0980 e. The van der Waals surface area contributed by atoms with Crippen molar-refractivity contribution < 1.29 is 9.38 Å². The number of allylic oxidation sites excluding steroid dienone is 3. The number of nitrogens with zero attached hydrogens (tertiary/aromatic N) is 1. The second-order valence-electron chi connectivity index (χ2n) is 12.0. The summed E-state index contributed by atoms with van der Waals surface area (Å²) in [5.41, 5.74) is 6.56. The van der Waals surface area contributed by atoms with Crippen molar-refractivity contribution in [2.45, 2.75) is 69.1 Å². The SMILES string of the molecule is C[C@]12CC=C3C=C4CC[C@H]([N+](C)(C)[O-])C[C@]45CC[C@]3(O5)[C@@H]1CC=C2c1ccc2cc[nH]c2c1. The van der Waals surface area contributed by atoms with Crippen LogP contribution >= 0.6 is 0 Å². The van der Waals surface area contributed by atoms with E-state index in [0.29, 0.717) is 5.92 Å². The van der Waals surface area contributed by atoms with Gasteiger partial charge < -0.3 is 19.6 Å². The Balaban J connectivity index is 1.28. The molecular weight excluding hydrogens is 408 g/mol. The molecule has 4 nitrogen and oxygen atoms in total. The van der Waals surface area contributed by atoms with Crippen LogP contribution in [0, 0.1) is 16.5 Å². The molecule has 2 aliphatic heterocycles. The lowest BCUT2D eigenvalue weighted by Gasteiger charge is -2.55. The van der Waals surface area contributed by atoms with Crippen molar-refractivity contribution in [3.05, 3.63) is 70.6 Å². The van der Waals surface area contributed by atoms with Crippen LogP contribution < -0.4 is 0 Å². The van der Waals surface area contributed by atoms with Crippen LogP contribution in [0.5, 0.6) is 0 Å². The number of ether oxygens (including phenoxy) is 1. The highest BCUT2D eigenvalue weighted by Crippen LogP contribution is 2.67. The summed E-state index contributed by atoms with van der Waals surface area (Å²) in [5.74, 6) is 0.451. The van der Waals surface area contributed by atoms with E-state index in [1.807, 2.05) is 6.20 Å². The number of hydrogen-bond donors (Lipinski definition) is 1. The molecule has 3 heterocycles. The van der Waals surface area contributed by atoms with Crippen LogP contribution in [0.25, 0.3) is 16.5 Å². The van der Waals surface area contributed by atoms with E-state index < -0.39 is 0 Å². The second-order valence-corrected chi connectivity index (χ2v) is 12.0. The summed E-state index contributed by atoms with van der Waals surface area (Å²) in [4.78, 5) is 3.39. The van der Waals surface area contributed by atoms with E-state index in [0.717, 1.165) is 44.9 Å². The lowest BCUT2D eigenvalue weighted by Crippen LogP contribution is -2.56. The van der Waals surface area contributed by atoms with Gasteiger partial charge in [-0.15, -0.1) is 0 Å². The van der Waals surface area contributed by atoms with Gasteiger partial charge in [-0.3, -0.25) is 0 Å². The largest absolute Gasteiger partial charge is 0.633 e. The number of hydroxylamine groups is 3. The summed E-state index contributed by atoms with van der Waals surface area (Å²) in [6.45, 7) is 2.46. The summed E-state index contributed by atoms with van der Waals surface area (Å²) >= 11 is 0. The molecule has 0 unspecified atom stereocenters. The Morgan fingerprint density at radius 3 is 2.88 bits per heavy atom. The van der Waals surface area contributed by atoms with Crippen molar-refractivity contribution >= 4 is 16.5 Å². The monoisotopic (exact) mass is 442 g/mol. The third kappa shape index (κ3) is 2.58. The van der Waals surface area contributed by atoms with E-state index in [9.17, 15) is 5.21 Å². The van der Waals surface area contributed by atoms with Gasteiger partial charge in [-0.2, -0.15) is 0 Å². The molecule has 2 spiro atoms. The van der Waals surface area contributed by atoms with Crippen LogP contribution in [0.4, 0.5) is 0 Å². The van der Waals surface area contributed by atoms with Crippen LogP contribution in [0.2, 0.25) is 0 Å². The van der Waals surface area contributed by atoms with Gasteiger partial charge in [-0.1, -0.05) is 37.3 Å². The Labute approximate surface area is 196 Å². The zero-order valence-electron chi connectivity index (χ0n) is 20.0. The number of quaternary nitrogens is 1.